The van der Waals surface area contributed by atoms with Gasteiger partial charge in [-0.2, -0.15) is 5.26 Å². The van der Waals surface area contributed by atoms with Gasteiger partial charge in [-0.05, 0) is 46.1 Å². The molecule has 0 aromatic carbocycles. The highest BCUT2D eigenvalue weighted by molar-refractivity contribution is 5.54. The Kier molecular flexibility index (Phi) is 4.73. The molecule has 1 unspecified atom stereocenters. The summed E-state index contributed by atoms with van der Waals surface area (Å²) in [6.45, 7) is 3.10. The molecule has 0 aliphatic carbocycles. The smallest absolute Gasteiger partial charge is 0.165 e. The molecule has 0 bridgehead atoms. The Labute approximate surface area is 102 Å². The Morgan fingerprint density at radius 1 is 1.53 bits per heavy atom. The van der Waals surface area contributed by atoms with E-state index in [1.165, 1.54) is 0 Å². The van der Waals surface area contributed by atoms with Gasteiger partial charge in [-0.15, -0.1) is 0 Å². The maximum atomic E-state index is 8.83. The molecule has 1 aromatic rings. The van der Waals surface area contributed by atoms with E-state index < -0.39 is 0 Å². The number of hydrogen-bond acceptors (Lipinski definition) is 5. The third-order valence-electron chi connectivity index (χ3n) is 2.44. The number of pyridine rings is 1. The molecular formula is C12H19N5. The van der Waals surface area contributed by atoms with Gasteiger partial charge in [-0.1, -0.05) is 0 Å². The minimum atomic E-state index is 0.273. The number of rotatable bonds is 5. The lowest BCUT2D eigenvalue weighted by molar-refractivity contribution is 0.390. The number of hydrogen-bond donors (Lipinski definition) is 2. The molecule has 1 atom stereocenters. The molecule has 3 N–H and O–H groups in total. The highest BCUT2D eigenvalue weighted by Gasteiger charge is 2.06. The lowest BCUT2D eigenvalue weighted by Crippen LogP contribution is -2.23. The molecule has 0 aliphatic rings. The summed E-state index contributed by atoms with van der Waals surface area (Å²) in [4.78, 5) is 6.28. The van der Waals surface area contributed by atoms with E-state index in [1.807, 2.05) is 20.2 Å². The molecule has 5 heteroatoms. The first-order valence-corrected chi connectivity index (χ1v) is 5.61. The largest absolute Gasteiger partial charge is 0.396 e. The van der Waals surface area contributed by atoms with Crippen molar-refractivity contribution < 1.29 is 0 Å². The standard InChI is InChI=1S/C12H19N5/c1-9(6-7-17(2)3)15-12-5-4-10(14)11(8-13)16-12/h4-5,9H,6-7,14H2,1-3H3,(H,15,16). The van der Waals surface area contributed by atoms with E-state index in [9.17, 15) is 0 Å². The molecule has 1 heterocycles. The first-order chi connectivity index (χ1) is 8.02. The first-order valence-electron chi connectivity index (χ1n) is 5.61. The molecule has 0 radical (unpaired) electrons. The van der Waals surface area contributed by atoms with Crippen molar-refractivity contribution in [1.82, 2.24) is 9.88 Å². The predicted molar refractivity (Wildman–Crippen MR) is 69.6 cm³/mol. The van der Waals surface area contributed by atoms with Gasteiger partial charge < -0.3 is 16.0 Å². The van der Waals surface area contributed by atoms with Crippen LogP contribution in [0, 0.1) is 11.3 Å². The zero-order chi connectivity index (χ0) is 12.8. The van der Waals surface area contributed by atoms with Crippen LogP contribution >= 0.6 is 0 Å². The van der Waals surface area contributed by atoms with E-state index in [0.717, 1.165) is 13.0 Å². The fraction of sp³-hybridized carbons (Fsp3) is 0.500. The minimum absolute atomic E-state index is 0.273. The van der Waals surface area contributed by atoms with Gasteiger partial charge in [0, 0.05) is 6.04 Å². The molecule has 0 saturated heterocycles. The highest BCUT2D eigenvalue weighted by atomic mass is 15.1. The SMILES string of the molecule is CC(CCN(C)C)Nc1ccc(N)c(C#N)n1. The van der Waals surface area contributed by atoms with Crippen LogP contribution in [0.15, 0.2) is 12.1 Å². The summed E-state index contributed by atoms with van der Waals surface area (Å²) < 4.78 is 0. The Hall–Kier alpha value is -1.80. The molecule has 0 spiro atoms. The van der Waals surface area contributed by atoms with Gasteiger partial charge in [0.05, 0.1) is 5.69 Å². The summed E-state index contributed by atoms with van der Waals surface area (Å²) in [6.07, 6.45) is 1.01. The Morgan fingerprint density at radius 3 is 2.82 bits per heavy atom. The Bertz CT molecular complexity index is 408. The van der Waals surface area contributed by atoms with E-state index in [4.69, 9.17) is 11.0 Å². The lowest BCUT2D eigenvalue weighted by atomic mass is 10.2. The second kappa shape index (κ2) is 6.06. The van der Waals surface area contributed by atoms with Gasteiger partial charge in [-0.25, -0.2) is 4.98 Å². The number of nitrogens with one attached hydrogen (secondary N) is 1. The number of anilines is 2. The Morgan fingerprint density at radius 2 is 2.24 bits per heavy atom. The predicted octanol–water partition coefficient (Wildman–Crippen LogP) is 1.29. The van der Waals surface area contributed by atoms with Crippen LogP contribution in [0.3, 0.4) is 0 Å². The van der Waals surface area contributed by atoms with Crippen LogP contribution in [0.2, 0.25) is 0 Å². The Balaban J connectivity index is 2.60. The molecule has 17 heavy (non-hydrogen) atoms. The van der Waals surface area contributed by atoms with Crippen molar-refractivity contribution >= 4 is 11.5 Å². The average Bonchev–Trinajstić information content (AvgIpc) is 2.29. The van der Waals surface area contributed by atoms with Crippen molar-refractivity contribution in [2.45, 2.75) is 19.4 Å². The van der Waals surface area contributed by atoms with Gasteiger partial charge in [0.15, 0.2) is 5.69 Å². The van der Waals surface area contributed by atoms with Gasteiger partial charge in [-0.3, -0.25) is 0 Å². The molecule has 0 saturated carbocycles. The van der Waals surface area contributed by atoms with E-state index in [0.29, 0.717) is 17.5 Å². The molecular weight excluding hydrogens is 214 g/mol. The summed E-state index contributed by atoms with van der Waals surface area (Å²) in [5, 5.41) is 12.1. The van der Waals surface area contributed by atoms with Crippen LogP contribution in [-0.2, 0) is 0 Å². The van der Waals surface area contributed by atoms with Crippen LogP contribution in [0.25, 0.3) is 0 Å². The van der Waals surface area contributed by atoms with Crippen LogP contribution in [0.5, 0.6) is 0 Å². The fourth-order valence-corrected chi connectivity index (χ4v) is 1.42. The van der Waals surface area contributed by atoms with Crippen molar-refractivity contribution in [3.05, 3.63) is 17.8 Å². The monoisotopic (exact) mass is 233 g/mol. The number of aromatic nitrogens is 1. The molecule has 0 amide bonds. The van der Waals surface area contributed by atoms with Crippen LogP contribution < -0.4 is 11.1 Å². The quantitative estimate of drug-likeness (QED) is 0.801. The topological polar surface area (TPSA) is 78.0 Å². The van der Waals surface area contributed by atoms with Crippen molar-refractivity contribution in [2.75, 3.05) is 31.7 Å². The van der Waals surface area contributed by atoms with Crippen molar-refractivity contribution in [1.29, 1.82) is 5.26 Å². The summed E-state index contributed by atoms with van der Waals surface area (Å²) in [6, 6.07) is 5.78. The van der Waals surface area contributed by atoms with Crippen molar-refractivity contribution in [3.63, 3.8) is 0 Å². The third kappa shape index (κ3) is 4.29. The fourth-order valence-electron chi connectivity index (χ4n) is 1.42. The molecule has 1 rings (SSSR count). The lowest BCUT2D eigenvalue weighted by Gasteiger charge is -2.17. The second-order valence-electron chi connectivity index (χ2n) is 4.38. The van der Waals surface area contributed by atoms with Crippen molar-refractivity contribution in [3.8, 4) is 6.07 Å². The average molecular weight is 233 g/mol. The second-order valence-corrected chi connectivity index (χ2v) is 4.38. The number of nitrogens with two attached hydrogens (primary N) is 1. The minimum Gasteiger partial charge on any atom is -0.396 e. The number of nitrogen functional groups attached to an aromatic ring is 1. The molecule has 1 aromatic heterocycles. The zero-order valence-corrected chi connectivity index (χ0v) is 10.6. The summed E-state index contributed by atoms with van der Waals surface area (Å²) >= 11 is 0. The summed E-state index contributed by atoms with van der Waals surface area (Å²) in [5.74, 6) is 0.696. The van der Waals surface area contributed by atoms with Gasteiger partial charge >= 0.3 is 0 Å². The molecule has 92 valence electrons. The van der Waals surface area contributed by atoms with E-state index in [1.54, 1.807) is 12.1 Å². The first kappa shape index (κ1) is 13.3. The van der Waals surface area contributed by atoms with E-state index in [2.05, 4.69) is 22.1 Å². The zero-order valence-electron chi connectivity index (χ0n) is 10.6. The van der Waals surface area contributed by atoms with E-state index in [-0.39, 0.29) is 5.69 Å². The van der Waals surface area contributed by atoms with E-state index >= 15 is 0 Å². The van der Waals surface area contributed by atoms with Gasteiger partial charge in [0.2, 0.25) is 0 Å². The van der Waals surface area contributed by atoms with Crippen LogP contribution in [0.1, 0.15) is 19.0 Å². The third-order valence-corrected chi connectivity index (χ3v) is 2.44. The molecule has 5 nitrogen and oxygen atoms in total. The summed E-state index contributed by atoms with van der Waals surface area (Å²) in [7, 11) is 4.09. The number of nitriles is 1. The number of nitrogens with zero attached hydrogens (tertiary/aromatic N) is 3. The van der Waals surface area contributed by atoms with Gasteiger partial charge in [0.25, 0.3) is 0 Å². The van der Waals surface area contributed by atoms with Gasteiger partial charge in [0.1, 0.15) is 11.9 Å². The molecule has 0 fully saturated rings. The highest BCUT2D eigenvalue weighted by Crippen LogP contribution is 2.13. The van der Waals surface area contributed by atoms with Crippen LogP contribution in [-0.4, -0.2) is 36.6 Å². The molecule has 0 aliphatic heterocycles. The normalized spacial score (nSPS) is 12.2. The maximum absolute atomic E-state index is 8.83. The summed E-state index contributed by atoms with van der Waals surface area (Å²) in [5.41, 5.74) is 6.30. The van der Waals surface area contributed by atoms with Crippen LogP contribution in [0.4, 0.5) is 11.5 Å². The maximum Gasteiger partial charge on any atom is 0.165 e. The van der Waals surface area contributed by atoms with Crippen molar-refractivity contribution in [2.24, 2.45) is 0 Å².